The summed E-state index contributed by atoms with van der Waals surface area (Å²) in [6, 6.07) is 4.03. The van der Waals surface area contributed by atoms with Crippen molar-refractivity contribution in [3.63, 3.8) is 0 Å². The maximum atomic E-state index is 4.33. The lowest BCUT2D eigenvalue weighted by atomic mass is 10.2. The van der Waals surface area contributed by atoms with E-state index >= 15 is 0 Å². The molecule has 0 aliphatic carbocycles. The van der Waals surface area contributed by atoms with Gasteiger partial charge in [-0.25, -0.2) is 4.98 Å². The standard InChI is InChI=1S/C12H16N4/c1-10-4-3-5-14-11(10)8-13-9-12-15-6-7-16(12)2/h3-7,13H,8-9H2,1-2H3. The number of imidazole rings is 1. The van der Waals surface area contributed by atoms with Crippen molar-refractivity contribution in [3.8, 4) is 0 Å². The zero-order valence-corrected chi connectivity index (χ0v) is 9.64. The lowest BCUT2D eigenvalue weighted by molar-refractivity contribution is 0.628. The number of aryl methyl sites for hydroxylation is 2. The molecule has 2 heterocycles. The molecule has 0 spiro atoms. The Labute approximate surface area is 95.4 Å². The van der Waals surface area contributed by atoms with Gasteiger partial charge in [0, 0.05) is 32.2 Å². The largest absolute Gasteiger partial charge is 0.337 e. The molecule has 1 N–H and O–H groups in total. The predicted octanol–water partition coefficient (Wildman–Crippen LogP) is 1.41. The van der Waals surface area contributed by atoms with Gasteiger partial charge in [-0.15, -0.1) is 0 Å². The topological polar surface area (TPSA) is 42.7 Å². The molecule has 4 nitrogen and oxygen atoms in total. The fourth-order valence-corrected chi connectivity index (χ4v) is 1.56. The van der Waals surface area contributed by atoms with Crippen molar-refractivity contribution in [2.45, 2.75) is 20.0 Å². The van der Waals surface area contributed by atoms with E-state index in [1.165, 1.54) is 5.56 Å². The molecular weight excluding hydrogens is 200 g/mol. The summed E-state index contributed by atoms with van der Waals surface area (Å²) in [6.07, 6.45) is 5.58. The van der Waals surface area contributed by atoms with Crippen LogP contribution < -0.4 is 5.32 Å². The first-order valence-corrected chi connectivity index (χ1v) is 5.35. The average Bonchev–Trinajstić information content (AvgIpc) is 2.67. The van der Waals surface area contributed by atoms with Gasteiger partial charge in [0.2, 0.25) is 0 Å². The molecule has 0 atom stereocenters. The third kappa shape index (κ3) is 2.46. The van der Waals surface area contributed by atoms with E-state index in [0.29, 0.717) is 0 Å². The van der Waals surface area contributed by atoms with Gasteiger partial charge in [0.15, 0.2) is 0 Å². The fraction of sp³-hybridized carbons (Fsp3) is 0.333. The first-order chi connectivity index (χ1) is 7.77. The summed E-state index contributed by atoms with van der Waals surface area (Å²) in [5, 5.41) is 3.34. The van der Waals surface area contributed by atoms with Crippen LogP contribution in [0.1, 0.15) is 17.1 Å². The molecular formula is C12H16N4. The lowest BCUT2D eigenvalue weighted by Gasteiger charge is -2.06. The smallest absolute Gasteiger partial charge is 0.122 e. The summed E-state index contributed by atoms with van der Waals surface area (Å²) in [7, 11) is 2.00. The molecule has 0 bridgehead atoms. The van der Waals surface area contributed by atoms with Gasteiger partial charge in [0.05, 0.1) is 12.2 Å². The first kappa shape index (κ1) is 10.8. The van der Waals surface area contributed by atoms with E-state index in [1.807, 2.05) is 36.3 Å². The molecule has 0 aliphatic heterocycles. The van der Waals surface area contributed by atoms with Crippen molar-refractivity contribution in [1.29, 1.82) is 0 Å². The van der Waals surface area contributed by atoms with Crippen LogP contribution in [0.25, 0.3) is 0 Å². The van der Waals surface area contributed by atoms with Gasteiger partial charge in [0.1, 0.15) is 5.82 Å². The molecule has 0 unspecified atom stereocenters. The Morgan fingerprint density at radius 1 is 1.25 bits per heavy atom. The van der Waals surface area contributed by atoms with Crippen molar-refractivity contribution >= 4 is 0 Å². The molecule has 0 amide bonds. The van der Waals surface area contributed by atoms with E-state index in [0.717, 1.165) is 24.6 Å². The predicted molar refractivity (Wildman–Crippen MR) is 62.7 cm³/mol. The minimum atomic E-state index is 0.763. The molecule has 16 heavy (non-hydrogen) atoms. The maximum Gasteiger partial charge on any atom is 0.122 e. The zero-order valence-electron chi connectivity index (χ0n) is 9.64. The van der Waals surface area contributed by atoms with Crippen LogP contribution in [0.3, 0.4) is 0 Å². The second-order valence-electron chi connectivity index (χ2n) is 3.82. The lowest BCUT2D eigenvalue weighted by Crippen LogP contribution is -2.17. The highest BCUT2D eigenvalue weighted by Crippen LogP contribution is 2.02. The monoisotopic (exact) mass is 216 g/mol. The Morgan fingerprint density at radius 3 is 2.81 bits per heavy atom. The molecule has 0 aromatic carbocycles. The van der Waals surface area contributed by atoms with Crippen LogP contribution in [0.5, 0.6) is 0 Å². The molecule has 0 fully saturated rings. The van der Waals surface area contributed by atoms with Crippen molar-refractivity contribution in [2.24, 2.45) is 7.05 Å². The van der Waals surface area contributed by atoms with Crippen LogP contribution in [0.2, 0.25) is 0 Å². The van der Waals surface area contributed by atoms with E-state index in [9.17, 15) is 0 Å². The maximum absolute atomic E-state index is 4.33. The normalized spacial score (nSPS) is 10.6. The number of pyridine rings is 1. The van der Waals surface area contributed by atoms with Gasteiger partial charge in [-0.2, -0.15) is 0 Å². The summed E-state index contributed by atoms with van der Waals surface area (Å²) < 4.78 is 2.01. The van der Waals surface area contributed by atoms with Crippen LogP contribution in [0.4, 0.5) is 0 Å². The molecule has 2 aromatic rings. The SMILES string of the molecule is Cc1cccnc1CNCc1nccn1C. The van der Waals surface area contributed by atoms with E-state index in [1.54, 1.807) is 0 Å². The summed E-state index contributed by atoms with van der Waals surface area (Å²) >= 11 is 0. The van der Waals surface area contributed by atoms with Crippen molar-refractivity contribution in [2.75, 3.05) is 0 Å². The number of rotatable bonds is 4. The Hall–Kier alpha value is -1.68. The van der Waals surface area contributed by atoms with Gasteiger partial charge in [-0.3, -0.25) is 4.98 Å². The van der Waals surface area contributed by atoms with Crippen LogP contribution in [-0.2, 0) is 20.1 Å². The average molecular weight is 216 g/mol. The molecule has 2 rings (SSSR count). The zero-order chi connectivity index (χ0) is 11.4. The molecule has 2 aromatic heterocycles. The number of hydrogen-bond donors (Lipinski definition) is 1. The fourth-order valence-electron chi connectivity index (χ4n) is 1.56. The van der Waals surface area contributed by atoms with Crippen molar-refractivity contribution in [1.82, 2.24) is 19.9 Å². The van der Waals surface area contributed by atoms with Gasteiger partial charge in [-0.1, -0.05) is 6.07 Å². The van der Waals surface area contributed by atoms with Gasteiger partial charge in [0.25, 0.3) is 0 Å². The van der Waals surface area contributed by atoms with E-state index < -0.39 is 0 Å². The van der Waals surface area contributed by atoms with Crippen LogP contribution in [-0.4, -0.2) is 14.5 Å². The Balaban J connectivity index is 1.89. The Morgan fingerprint density at radius 2 is 2.12 bits per heavy atom. The number of nitrogens with one attached hydrogen (secondary N) is 1. The van der Waals surface area contributed by atoms with Crippen molar-refractivity contribution < 1.29 is 0 Å². The van der Waals surface area contributed by atoms with E-state index in [2.05, 4.69) is 28.3 Å². The van der Waals surface area contributed by atoms with Crippen molar-refractivity contribution in [3.05, 3.63) is 47.8 Å². The van der Waals surface area contributed by atoms with Crippen LogP contribution in [0.15, 0.2) is 30.7 Å². The summed E-state index contributed by atoms with van der Waals surface area (Å²) in [4.78, 5) is 8.58. The molecule has 84 valence electrons. The van der Waals surface area contributed by atoms with Crippen LogP contribution in [0, 0.1) is 6.92 Å². The Bertz CT molecular complexity index is 462. The van der Waals surface area contributed by atoms with E-state index in [4.69, 9.17) is 0 Å². The van der Waals surface area contributed by atoms with Gasteiger partial charge >= 0.3 is 0 Å². The summed E-state index contributed by atoms with van der Waals surface area (Å²) in [5.74, 6) is 1.04. The highest BCUT2D eigenvalue weighted by molar-refractivity contribution is 5.17. The molecule has 0 saturated heterocycles. The molecule has 0 aliphatic rings. The summed E-state index contributed by atoms with van der Waals surface area (Å²) in [6.45, 7) is 3.61. The second kappa shape index (κ2) is 4.90. The van der Waals surface area contributed by atoms with Gasteiger partial charge < -0.3 is 9.88 Å². The minimum absolute atomic E-state index is 0.763. The molecule has 0 radical (unpaired) electrons. The second-order valence-corrected chi connectivity index (χ2v) is 3.82. The Kier molecular flexibility index (Phi) is 3.31. The highest BCUT2D eigenvalue weighted by Gasteiger charge is 2.00. The van der Waals surface area contributed by atoms with Gasteiger partial charge in [-0.05, 0) is 18.6 Å². The first-order valence-electron chi connectivity index (χ1n) is 5.35. The number of aromatic nitrogens is 3. The molecule has 0 saturated carbocycles. The minimum Gasteiger partial charge on any atom is -0.337 e. The number of nitrogens with zero attached hydrogens (tertiary/aromatic N) is 3. The third-order valence-corrected chi connectivity index (χ3v) is 2.61. The van der Waals surface area contributed by atoms with Crippen LogP contribution >= 0.6 is 0 Å². The quantitative estimate of drug-likeness (QED) is 0.840. The highest BCUT2D eigenvalue weighted by atomic mass is 15.1. The third-order valence-electron chi connectivity index (χ3n) is 2.61. The molecule has 4 heteroatoms. The number of hydrogen-bond acceptors (Lipinski definition) is 3. The summed E-state index contributed by atoms with van der Waals surface area (Å²) in [5.41, 5.74) is 2.31. The van der Waals surface area contributed by atoms with E-state index in [-0.39, 0.29) is 0 Å².